The van der Waals surface area contributed by atoms with Gasteiger partial charge in [-0.1, -0.05) is 18.2 Å². The maximum atomic E-state index is 13.0. The van der Waals surface area contributed by atoms with Crippen LogP contribution in [0.2, 0.25) is 0 Å². The van der Waals surface area contributed by atoms with Crippen molar-refractivity contribution < 1.29 is 23.8 Å². The molecule has 1 N–H and O–H groups in total. The molecule has 0 radical (unpaired) electrons. The summed E-state index contributed by atoms with van der Waals surface area (Å²) in [4.78, 5) is 31.9. The van der Waals surface area contributed by atoms with Crippen molar-refractivity contribution in [1.29, 1.82) is 0 Å². The maximum absolute atomic E-state index is 13.0. The van der Waals surface area contributed by atoms with E-state index in [1.54, 1.807) is 7.11 Å². The second-order valence-electron chi connectivity index (χ2n) is 9.30. The summed E-state index contributed by atoms with van der Waals surface area (Å²) in [6.45, 7) is 9.73. The Bertz CT molecular complexity index is 964. The third-order valence-electron chi connectivity index (χ3n) is 5.63. The molecule has 0 bridgehead atoms. The number of rotatable bonds is 7. The van der Waals surface area contributed by atoms with E-state index in [2.05, 4.69) is 15.2 Å². The Morgan fingerprint density at radius 1 is 1.18 bits per heavy atom. The predicted molar refractivity (Wildman–Crippen MR) is 127 cm³/mol. The smallest absolute Gasteiger partial charge is 0.407 e. The molecule has 0 saturated carbocycles. The summed E-state index contributed by atoms with van der Waals surface area (Å²) in [5.41, 5.74) is 1.06. The van der Waals surface area contributed by atoms with E-state index in [0.717, 1.165) is 42.4 Å². The van der Waals surface area contributed by atoms with Crippen LogP contribution in [0.15, 0.2) is 30.3 Å². The van der Waals surface area contributed by atoms with Crippen LogP contribution < -0.4 is 10.1 Å². The Labute approximate surface area is 195 Å². The summed E-state index contributed by atoms with van der Waals surface area (Å²) in [5, 5.41) is 3.90. The van der Waals surface area contributed by atoms with E-state index in [1.165, 1.54) is 0 Å². The van der Waals surface area contributed by atoms with Gasteiger partial charge in [-0.2, -0.15) is 0 Å². The zero-order valence-corrected chi connectivity index (χ0v) is 20.2. The number of aromatic nitrogens is 1. The number of hydrogen-bond acceptors (Lipinski definition) is 7. The molecule has 1 aromatic heterocycles. The fourth-order valence-electron chi connectivity index (χ4n) is 4.08. The molecule has 1 unspecified atom stereocenters. The molecule has 0 spiro atoms. The molecule has 1 amide bonds. The Morgan fingerprint density at radius 3 is 2.55 bits per heavy atom. The van der Waals surface area contributed by atoms with Crippen LogP contribution in [-0.4, -0.2) is 66.9 Å². The molecular formula is C25H35N3O5. The van der Waals surface area contributed by atoms with Crippen LogP contribution in [0.1, 0.15) is 52.0 Å². The monoisotopic (exact) mass is 457 g/mol. The molecular weight excluding hydrogens is 422 g/mol. The third kappa shape index (κ3) is 6.81. The summed E-state index contributed by atoms with van der Waals surface area (Å²) in [6.07, 6.45) is 1.19. The highest BCUT2D eigenvalue weighted by atomic mass is 16.6. The van der Waals surface area contributed by atoms with Crippen molar-refractivity contribution >= 4 is 23.0 Å². The number of para-hydroxylation sites is 1. The lowest BCUT2D eigenvalue weighted by Crippen LogP contribution is -2.47. The molecule has 1 aliphatic rings. The van der Waals surface area contributed by atoms with Gasteiger partial charge in [0.05, 0.1) is 25.2 Å². The molecule has 33 heavy (non-hydrogen) atoms. The molecule has 1 aliphatic heterocycles. The minimum absolute atomic E-state index is 0.0561. The summed E-state index contributed by atoms with van der Waals surface area (Å²) in [6, 6.07) is 9.67. The zero-order valence-electron chi connectivity index (χ0n) is 20.2. The van der Waals surface area contributed by atoms with Crippen molar-refractivity contribution in [3.8, 4) is 5.88 Å². The molecule has 2 heterocycles. The number of fused-ring (bicyclic) bond motifs is 1. The summed E-state index contributed by atoms with van der Waals surface area (Å²) in [7, 11) is 1.58. The number of carbonyl (C=O) groups excluding carboxylic acids is 2. The quantitative estimate of drug-likeness (QED) is 0.631. The minimum atomic E-state index is -0.521. The highest BCUT2D eigenvalue weighted by Gasteiger charge is 2.30. The van der Waals surface area contributed by atoms with E-state index in [1.807, 2.05) is 58.0 Å². The third-order valence-corrected chi connectivity index (χ3v) is 5.63. The second-order valence-corrected chi connectivity index (χ2v) is 9.30. The van der Waals surface area contributed by atoms with Gasteiger partial charge in [0.15, 0.2) is 0 Å². The number of esters is 1. The molecule has 0 aliphatic carbocycles. The van der Waals surface area contributed by atoms with Crippen LogP contribution in [0.5, 0.6) is 5.88 Å². The number of piperidine rings is 1. The van der Waals surface area contributed by atoms with Crippen LogP contribution in [0, 0.1) is 0 Å². The molecule has 180 valence electrons. The van der Waals surface area contributed by atoms with Crippen molar-refractivity contribution in [2.24, 2.45) is 0 Å². The molecule has 2 aromatic rings. The first-order chi connectivity index (χ1) is 15.7. The minimum Gasteiger partial charge on any atom is -0.481 e. The maximum Gasteiger partial charge on any atom is 0.407 e. The molecule has 8 heteroatoms. The fraction of sp³-hybridized carbons (Fsp3) is 0.560. The fourth-order valence-corrected chi connectivity index (χ4v) is 4.08. The second kappa shape index (κ2) is 10.8. The average Bonchev–Trinajstić information content (AvgIpc) is 2.76. The number of hydrogen-bond donors (Lipinski definition) is 1. The lowest BCUT2D eigenvalue weighted by atomic mass is 9.94. The van der Waals surface area contributed by atoms with Crippen LogP contribution in [0.3, 0.4) is 0 Å². The number of alkyl carbamates (subject to hydrolysis) is 1. The highest BCUT2D eigenvalue weighted by molar-refractivity contribution is 5.89. The van der Waals surface area contributed by atoms with Crippen molar-refractivity contribution in [3.63, 3.8) is 0 Å². The van der Waals surface area contributed by atoms with E-state index in [4.69, 9.17) is 14.2 Å². The van der Waals surface area contributed by atoms with Gasteiger partial charge in [0, 0.05) is 37.1 Å². The van der Waals surface area contributed by atoms with Gasteiger partial charge in [-0.3, -0.25) is 4.79 Å². The first-order valence-corrected chi connectivity index (χ1v) is 11.5. The standard InChI is InChI=1S/C25H35N3O5/c1-6-32-23(29)20(19-9-7-8-17-10-11-21(31-5)27-22(17)19)16-28-14-12-18(13-15-28)26-24(30)33-25(2,3)4/h7-11,18,20H,6,12-16H2,1-5H3,(H,26,30). The number of benzene rings is 1. The van der Waals surface area contributed by atoms with Gasteiger partial charge in [-0.15, -0.1) is 0 Å². The molecule has 1 aromatic carbocycles. The van der Waals surface area contributed by atoms with Gasteiger partial charge in [-0.05, 0) is 52.2 Å². The molecule has 1 fully saturated rings. The Hall–Kier alpha value is -2.87. The predicted octanol–water partition coefficient (Wildman–Crippen LogP) is 3.88. The Balaban J connectivity index is 1.72. The van der Waals surface area contributed by atoms with Crippen molar-refractivity contribution in [3.05, 3.63) is 35.9 Å². The number of pyridine rings is 1. The topological polar surface area (TPSA) is 90.0 Å². The number of methoxy groups -OCH3 is 1. The normalized spacial score (nSPS) is 16.3. The number of nitrogens with one attached hydrogen (secondary N) is 1. The van der Waals surface area contributed by atoms with Crippen molar-refractivity contribution in [2.75, 3.05) is 33.4 Å². The molecule has 1 atom stereocenters. The van der Waals surface area contributed by atoms with Gasteiger partial charge in [0.2, 0.25) is 5.88 Å². The summed E-state index contributed by atoms with van der Waals surface area (Å²) < 4.78 is 16.1. The number of ether oxygens (including phenoxy) is 3. The van der Waals surface area contributed by atoms with Gasteiger partial charge < -0.3 is 24.4 Å². The van der Waals surface area contributed by atoms with Crippen molar-refractivity contribution in [2.45, 2.75) is 58.1 Å². The van der Waals surface area contributed by atoms with E-state index in [-0.39, 0.29) is 18.1 Å². The highest BCUT2D eigenvalue weighted by Crippen LogP contribution is 2.29. The Morgan fingerprint density at radius 2 is 1.91 bits per heavy atom. The molecule has 8 nitrogen and oxygen atoms in total. The first-order valence-electron chi connectivity index (χ1n) is 11.5. The lowest BCUT2D eigenvalue weighted by Gasteiger charge is -2.34. The number of nitrogens with zero attached hydrogens (tertiary/aromatic N) is 2. The first kappa shape index (κ1) is 24.8. The number of likely N-dealkylation sites (tertiary alicyclic amines) is 1. The summed E-state index contributed by atoms with van der Waals surface area (Å²) >= 11 is 0. The number of amides is 1. The van der Waals surface area contributed by atoms with E-state index in [0.29, 0.717) is 19.0 Å². The number of carbonyl (C=O) groups is 2. The molecule has 3 rings (SSSR count). The largest absolute Gasteiger partial charge is 0.481 e. The van der Waals surface area contributed by atoms with Gasteiger partial charge in [0.25, 0.3) is 0 Å². The van der Waals surface area contributed by atoms with Crippen LogP contribution in [0.25, 0.3) is 10.9 Å². The zero-order chi connectivity index (χ0) is 24.0. The van der Waals surface area contributed by atoms with Crippen LogP contribution >= 0.6 is 0 Å². The van der Waals surface area contributed by atoms with E-state index in [9.17, 15) is 9.59 Å². The van der Waals surface area contributed by atoms with Gasteiger partial charge in [0.1, 0.15) is 5.60 Å². The summed E-state index contributed by atoms with van der Waals surface area (Å²) in [5.74, 6) is -0.223. The van der Waals surface area contributed by atoms with Crippen LogP contribution in [-0.2, 0) is 14.3 Å². The van der Waals surface area contributed by atoms with Crippen LogP contribution in [0.4, 0.5) is 4.79 Å². The van der Waals surface area contributed by atoms with Gasteiger partial charge in [-0.25, -0.2) is 9.78 Å². The SMILES string of the molecule is CCOC(=O)C(CN1CCC(NC(=O)OC(C)(C)C)CC1)c1cccc2ccc(OC)nc12. The lowest BCUT2D eigenvalue weighted by molar-refractivity contribution is -0.145. The Kier molecular flexibility index (Phi) is 8.13. The van der Waals surface area contributed by atoms with Crippen molar-refractivity contribution in [1.82, 2.24) is 15.2 Å². The van der Waals surface area contributed by atoms with Gasteiger partial charge >= 0.3 is 12.1 Å². The van der Waals surface area contributed by atoms with E-state index < -0.39 is 11.5 Å². The molecule has 1 saturated heterocycles. The van der Waals surface area contributed by atoms with E-state index >= 15 is 0 Å². The average molecular weight is 458 g/mol.